The number of nitrogens with zero attached hydrogens (tertiary/aromatic N) is 2. The number of carbonyl (C=O) groups excluding carboxylic acids is 2. The first-order valence-electron chi connectivity index (χ1n) is 9.40. The van der Waals surface area contributed by atoms with Crippen LogP contribution in [-0.2, 0) is 9.59 Å². The van der Waals surface area contributed by atoms with Gasteiger partial charge in [-0.05, 0) is 32.6 Å². The molecule has 1 aromatic rings. The second-order valence-electron chi connectivity index (χ2n) is 7.23. The van der Waals surface area contributed by atoms with E-state index in [2.05, 4.69) is 36.5 Å². The Morgan fingerprint density at radius 1 is 1.10 bits per heavy atom. The summed E-state index contributed by atoms with van der Waals surface area (Å²) in [7, 11) is 0. The summed E-state index contributed by atoms with van der Waals surface area (Å²) in [6.45, 7) is 16.3. The molecule has 8 heteroatoms. The molecule has 0 saturated heterocycles. The number of aromatic nitrogens is 1. The molecule has 0 unspecified atom stereocenters. The summed E-state index contributed by atoms with van der Waals surface area (Å²) >= 11 is 0. The molecular formula is C23H25N2NaO5. The Kier molecular flexibility index (Phi) is 9.17. The van der Waals surface area contributed by atoms with E-state index < -0.39 is 39.6 Å². The van der Waals surface area contributed by atoms with Gasteiger partial charge in [0.1, 0.15) is 16.9 Å². The van der Waals surface area contributed by atoms with Crippen molar-refractivity contribution in [2.45, 2.75) is 32.6 Å². The summed E-state index contributed by atoms with van der Waals surface area (Å²) in [5.41, 5.74) is -3.76. The minimum absolute atomic E-state index is 0. The fourth-order valence-corrected chi connectivity index (χ4v) is 3.92. The normalized spacial score (nSPS) is 17.6. The SMILES string of the molecule is C=CCC1(CC=C)C(=O)C(C([O-])=Nc2cc(C)on2)=C(O)C(CC=C)(CC=C)C1=O.[Na+]. The molecule has 1 heterocycles. The van der Waals surface area contributed by atoms with Crippen LogP contribution < -0.4 is 34.7 Å². The number of hydrogen-bond donors (Lipinski definition) is 1. The van der Waals surface area contributed by atoms with E-state index in [1.807, 2.05) is 0 Å². The summed E-state index contributed by atoms with van der Waals surface area (Å²) in [5.74, 6) is -2.60. The van der Waals surface area contributed by atoms with Crippen molar-refractivity contribution in [3.05, 3.63) is 73.8 Å². The van der Waals surface area contributed by atoms with Crippen molar-refractivity contribution >= 4 is 23.3 Å². The van der Waals surface area contributed by atoms with Crippen LogP contribution in [0.1, 0.15) is 31.4 Å². The van der Waals surface area contributed by atoms with Gasteiger partial charge in [0.15, 0.2) is 17.4 Å². The number of aryl methyl sites for hydroxylation is 1. The molecule has 0 radical (unpaired) electrons. The van der Waals surface area contributed by atoms with Gasteiger partial charge in [0.25, 0.3) is 0 Å². The molecule has 1 N–H and O–H groups in total. The molecule has 0 amide bonds. The Hall–Kier alpha value is -2.48. The van der Waals surface area contributed by atoms with Gasteiger partial charge < -0.3 is 14.7 Å². The Balaban J connectivity index is 0.00000480. The first-order chi connectivity index (χ1) is 14.2. The van der Waals surface area contributed by atoms with Crippen LogP contribution >= 0.6 is 0 Å². The Morgan fingerprint density at radius 2 is 1.58 bits per heavy atom. The van der Waals surface area contributed by atoms with Crippen LogP contribution in [0, 0.1) is 17.8 Å². The summed E-state index contributed by atoms with van der Waals surface area (Å²) < 4.78 is 4.89. The van der Waals surface area contributed by atoms with Gasteiger partial charge in [-0.25, -0.2) is 4.99 Å². The van der Waals surface area contributed by atoms with Crippen molar-refractivity contribution in [2.75, 3.05) is 0 Å². The topological polar surface area (TPSA) is 116 Å². The molecule has 31 heavy (non-hydrogen) atoms. The van der Waals surface area contributed by atoms with Crippen molar-refractivity contribution in [1.29, 1.82) is 0 Å². The smallest absolute Gasteiger partial charge is 0.858 e. The number of ketones is 2. The summed E-state index contributed by atoms with van der Waals surface area (Å²) in [4.78, 5) is 31.0. The molecule has 0 aliphatic heterocycles. The largest absolute Gasteiger partial charge is 1.00 e. The second kappa shape index (κ2) is 10.7. The first kappa shape index (κ1) is 26.6. The standard InChI is InChI=1S/C23H26N2O5.Na/c1-6-10-22(11-7-2)18(26)17(20(28)24-16-14-15(5)30-25-16)19(27)23(12-8-3,13-9-4)21(22)29;/h6-9,14,26H,1-4,10-13H2,5H3,(H,24,25,28);/q;+1/p-1. The van der Waals surface area contributed by atoms with Crippen LogP contribution in [0.25, 0.3) is 0 Å². The maximum absolute atomic E-state index is 13.7. The average molecular weight is 432 g/mol. The number of aliphatic imine (C=N–C) groups is 1. The quantitative estimate of drug-likeness (QED) is 0.191. The Morgan fingerprint density at radius 3 is 2.00 bits per heavy atom. The summed E-state index contributed by atoms with van der Waals surface area (Å²) in [5, 5.41) is 27.7. The third-order valence-electron chi connectivity index (χ3n) is 5.24. The Labute approximate surface area is 203 Å². The average Bonchev–Trinajstić information content (AvgIpc) is 3.10. The number of Topliss-reactive ketones (excluding diaryl/α,β-unsaturated/α-hetero) is 2. The van der Waals surface area contributed by atoms with Crippen LogP contribution in [0.4, 0.5) is 5.82 Å². The van der Waals surface area contributed by atoms with Gasteiger partial charge in [0.05, 0.1) is 11.0 Å². The van der Waals surface area contributed by atoms with Crippen molar-refractivity contribution < 1.29 is 53.9 Å². The molecule has 1 aromatic heterocycles. The van der Waals surface area contributed by atoms with E-state index in [1.54, 1.807) is 6.92 Å². The molecule has 0 bridgehead atoms. The fourth-order valence-electron chi connectivity index (χ4n) is 3.92. The molecule has 0 aromatic carbocycles. The molecule has 158 valence electrons. The molecule has 1 aliphatic rings. The van der Waals surface area contributed by atoms with E-state index in [4.69, 9.17) is 4.52 Å². The predicted octanol–water partition coefficient (Wildman–Crippen LogP) is 0.618. The Bertz CT molecular complexity index is 950. The van der Waals surface area contributed by atoms with E-state index in [-0.39, 0.29) is 61.1 Å². The molecular weight excluding hydrogens is 407 g/mol. The van der Waals surface area contributed by atoms with Crippen LogP contribution in [0.5, 0.6) is 0 Å². The van der Waals surface area contributed by atoms with Crippen molar-refractivity contribution in [2.24, 2.45) is 15.8 Å². The third-order valence-corrected chi connectivity index (χ3v) is 5.24. The van der Waals surface area contributed by atoms with Crippen LogP contribution in [0.2, 0.25) is 0 Å². The zero-order valence-corrected chi connectivity index (χ0v) is 20.0. The zero-order valence-electron chi connectivity index (χ0n) is 18.0. The number of hydrogen-bond acceptors (Lipinski definition) is 7. The van der Waals surface area contributed by atoms with Crippen molar-refractivity contribution in [1.82, 2.24) is 5.16 Å². The summed E-state index contributed by atoms with van der Waals surface area (Å²) in [6.07, 6.45) is 5.75. The van der Waals surface area contributed by atoms with E-state index in [1.165, 1.54) is 30.4 Å². The fraction of sp³-hybridized carbons (Fsp3) is 0.304. The maximum Gasteiger partial charge on any atom is 1.00 e. The van der Waals surface area contributed by atoms with Gasteiger partial charge in [-0.1, -0.05) is 29.5 Å². The van der Waals surface area contributed by atoms with E-state index >= 15 is 0 Å². The number of aliphatic hydroxyl groups excluding tert-OH is 1. The van der Waals surface area contributed by atoms with Crippen LogP contribution in [-0.4, -0.2) is 27.7 Å². The van der Waals surface area contributed by atoms with Gasteiger partial charge in [0, 0.05) is 12.0 Å². The van der Waals surface area contributed by atoms with Gasteiger partial charge in [-0.2, -0.15) is 0 Å². The minimum Gasteiger partial charge on any atom is -0.858 e. The van der Waals surface area contributed by atoms with E-state index in [0.29, 0.717) is 5.76 Å². The molecule has 0 spiro atoms. The molecule has 0 saturated carbocycles. The van der Waals surface area contributed by atoms with Crippen LogP contribution in [0.15, 0.2) is 77.5 Å². The van der Waals surface area contributed by atoms with E-state index in [0.717, 1.165) is 0 Å². The van der Waals surface area contributed by atoms with Crippen molar-refractivity contribution in [3.8, 4) is 0 Å². The zero-order chi connectivity index (χ0) is 22.5. The number of allylic oxidation sites excluding steroid dienone is 5. The number of aliphatic hydroxyl groups is 1. The molecule has 1 aliphatic carbocycles. The second-order valence-corrected chi connectivity index (χ2v) is 7.23. The number of rotatable bonds is 10. The number of carbonyl (C=O) groups is 2. The van der Waals surface area contributed by atoms with Gasteiger partial charge in [-0.15, -0.1) is 26.3 Å². The van der Waals surface area contributed by atoms with Gasteiger partial charge >= 0.3 is 29.6 Å². The van der Waals surface area contributed by atoms with Gasteiger partial charge in [-0.3, -0.25) is 9.59 Å². The van der Waals surface area contributed by atoms with Crippen molar-refractivity contribution in [3.63, 3.8) is 0 Å². The van der Waals surface area contributed by atoms with Crippen LogP contribution in [0.3, 0.4) is 0 Å². The van der Waals surface area contributed by atoms with Gasteiger partial charge in [0.2, 0.25) is 0 Å². The third kappa shape index (κ3) is 4.59. The molecule has 7 nitrogen and oxygen atoms in total. The minimum atomic E-state index is -1.64. The predicted molar refractivity (Wildman–Crippen MR) is 112 cm³/mol. The molecule has 0 atom stereocenters. The first-order valence-corrected chi connectivity index (χ1v) is 9.40. The van der Waals surface area contributed by atoms with E-state index in [9.17, 15) is 19.8 Å². The monoisotopic (exact) mass is 432 g/mol. The molecule has 2 rings (SSSR count). The summed E-state index contributed by atoms with van der Waals surface area (Å²) in [6, 6.07) is 1.41. The maximum atomic E-state index is 13.7. The molecule has 0 fully saturated rings.